The van der Waals surface area contributed by atoms with E-state index in [0.29, 0.717) is 10.8 Å². The van der Waals surface area contributed by atoms with Crippen molar-refractivity contribution in [1.82, 2.24) is 9.99 Å². The Kier molecular flexibility index (Phi) is 4.56. The van der Waals surface area contributed by atoms with Crippen LogP contribution in [-0.4, -0.2) is 16.7 Å². The Morgan fingerprint density at radius 2 is 1.70 bits per heavy atom. The van der Waals surface area contributed by atoms with Gasteiger partial charge in [0.05, 0.1) is 17.2 Å². The van der Waals surface area contributed by atoms with Crippen LogP contribution in [0.3, 0.4) is 0 Å². The molecular formula is C21H17N3O2S. The highest BCUT2D eigenvalue weighted by atomic mass is 32.1. The number of para-hydroxylation sites is 2. The number of nitrogens with zero attached hydrogens (tertiary/aromatic N) is 2. The lowest BCUT2D eigenvalue weighted by Gasteiger charge is -2.14. The Bertz CT molecular complexity index is 1180. The van der Waals surface area contributed by atoms with Crippen LogP contribution in [0.15, 0.2) is 69.9 Å². The van der Waals surface area contributed by atoms with Gasteiger partial charge >= 0.3 is 0 Å². The highest BCUT2D eigenvalue weighted by Gasteiger charge is 2.12. The lowest BCUT2D eigenvalue weighted by Crippen LogP contribution is -2.25. The molecule has 0 aliphatic carbocycles. The van der Waals surface area contributed by atoms with E-state index in [9.17, 15) is 9.59 Å². The summed E-state index contributed by atoms with van der Waals surface area (Å²) >= 11 is 1.57. The van der Waals surface area contributed by atoms with Crippen molar-refractivity contribution < 1.29 is 4.79 Å². The van der Waals surface area contributed by atoms with Crippen molar-refractivity contribution in [3.63, 3.8) is 0 Å². The monoisotopic (exact) mass is 375 g/mol. The molecule has 1 N–H and O–H groups in total. The van der Waals surface area contributed by atoms with Gasteiger partial charge in [0.2, 0.25) is 0 Å². The number of aromatic nitrogens is 1. The first kappa shape index (κ1) is 17.2. The average molecular weight is 375 g/mol. The number of amides is 1. The van der Waals surface area contributed by atoms with Gasteiger partial charge in [-0.15, -0.1) is 11.3 Å². The zero-order valence-electron chi connectivity index (χ0n) is 14.7. The molecule has 6 heteroatoms. The first-order valence-electron chi connectivity index (χ1n) is 8.51. The highest BCUT2D eigenvalue weighted by Crippen LogP contribution is 2.19. The average Bonchev–Trinajstić information content (AvgIpc) is 3.10. The molecule has 2 aromatic heterocycles. The summed E-state index contributed by atoms with van der Waals surface area (Å²) in [5.74, 6) is -0.251. The van der Waals surface area contributed by atoms with E-state index in [4.69, 9.17) is 0 Å². The van der Waals surface area contributed by atoms with Crippen molar-refractivity contribution in [3.8, 4) is 0 Å². The molecule has 0 bridgehead atoms. The summed E-state index contributed by atoms with van der Waals surface area (Å²) in [5, 5.41) is 7.24. The SMILES string of the molecule is Cc1ccsc1C=NNC(=O)Cn1c2ccccc2c(=O)c2ccccc21. The Hall–Kier alpha value is -3.25. The maximum absolute atomic E-state index is 12.7. The molecular weight excluding hydrogens is 358 g/mol. The minimum Gasteiger partial charge on any atom is -0.331 e. The van der Waals surface area contributed by atoms with Crippen LogP contribution in [0.25, 0.3) is 21.8 Å². The van der Waals surface area contributed by atoms with E-state index in [2.05, 4.69) is 10.5 Å². The standard InChI is InChI=1S/C21H17N3O2S/c1-14-10-11-27-19(14)12-22-23-20(25)13-24-17-8-4-2-6-15(17)21(26)16-7-3-5-9-18(16)24/h2-12H,13H2,1H3,(H,23,25). The first-order valence-corrected chi connectivity index (χ1v) is 9.39. The minimum absolute atomic E-state index is 0.0240. The molecule has 0 aliphatic heterocycles. The van der Waals surface area contributed by atoms with Crippen molar-refractivity contribution in [3.05, 3.63) is 80.6 Å². The van der Waals surface area contributed by atoms with E-state index < -0.39 is 0 Å². The molecule has 4 aromatic rings. The number of fused-ring (bicyclic) bond motifs is 2. The maximum atomic E-state index is 12.7. The van der Waals surface area contributed by atoms with Crippen molar-refractivity contribution in [1.29, 1.82) is 0 Å². The van der Waals surface area contributed by atoms with E-state index in [-0.39, 0.29) is 17.9 Å². The molecule has 27 heavy (non-hydrogen) atoms. The number of carbonyl (C=O) groups excluding carboxylic acids is 1. The van der Waals surface area contributed by atoms with E-state index in [1.54, 1.807) is 29.7 Å². The van der Waals surface area contributed by atoms with Gasteiger partial charge in [-0.05, 0) is 48.2 Å². The molecule has 1 amide bonds. The fourth-order valence-corrected chi connectivity index (χ4v) is 3.89. The van der Waals surface area contributed by atoms with Crippen molar-refractivity contribution in [2.24, 2.45) is 5.10 Å². The maximum Gasteiger partial charge on any atom is 0.260 e. The van der Waals surface area contributed by atoms with Crippen molar-refractivity contribution >= 4 is 45.3 Å². The second-order valence-electron chi connectivity index (χ2n) is 6.21. The third-order valence-electron chi connectivity index (χ3n) is 4.45. The third kappa shape index (κ3) is 3.27. The fourth-order valence-electron chi connectivity index (χ4n) is 3.11. The quantitative estimate of drug-likeness (QED) is 0.336. The number of hydrazone groups is 1. The van der Waals surface area contributed by atoms with Gasteiger partial charge in [-0.2, -0.15) is 5.10 Å². The zero-order valence-corrected chi connectivity index (χ0v) is 15.5. The van der Waals surface area contributed by atoms with Gasteiger partial charge in [-0.3, -0.25) is 9.59 Å². The number of thiophene rings is 1. The first-order chi connectivity index (χ1) is 13.1. The van der Waals surface area contributed by atoms with Gasteiger partial charge in [-0.1, -0.05) is 24.3 Å². The number of hydrogen-bond acceptors (Lipinski definition) is 4. The second kappa shape index (κ2) is 7.17. The Balaban J connectivity index is 1.69. The summed E-state index contributed by atoms with van der Waals surface area (Å²) in [6, 6.07) is 16.7. The van der Waals surface area contributed by atoms with Crippen LogP contribution >= 0.6 is 11.3 Å². The number of pyridine rings is 1. The molecule has 2 heterocycles. The van der Waals surface area contributed by atoms with Gasteiger partial charge in [0.25, 0.3) is 5.91 Å². The van der Waals surface area contributed by atoms with Crippen molar-refractivity contribution in [2.45, 2.75) is 13.5 Å². The van der Waals surface area contributed by atoms with Crippen LogP contribution in [0.1, 0.15) is 10.4 Å². The number of hydrogen-bond donors (Lipinski definition) is 1. The fraction of sp³-hybridized carbons (Fsp3) is 0.0952. The highest BCUT2D eigenvalue weighted by molar-refractivity contribution is 7.11. The van der Waals surface area contributed by atoms with Gasteiger partial charge in [0, 0.05) is 15.6 Å². The van der Waals surface area contributed by atoms with E-state index in [1.165, 1.54) is 0 Å². The number of rotatable bonds is 4. The van der Waals surface area contributed by atoms with Crippen LogP contribution in [0.5, 0.6) is 0 Å². The second-order valence-corrected chi connectivity index (χ2v) is 7.16. The van der Waals surface area contributed by atoms with Crippen LogP contribution in [-0.2, 0) is 11.3 Å². The molecule has 0 saturated carbocycles. The Morgan fingerprint density at radius 1 is 1.07 bits per heavy atom. The summed E-state index contributed by atoms with van der Waals surface area (Å²) in [6.07, 6.45) is 1.65. The predicted octanol–water partition coefficient (Wildman–Crippen LogP) is 3.67. The number of aryl methyl sites for hydroxylation is 1. The summed E-state index contributed by atoms with van der Waals surface area (Å²) < 4.78 is 1.85. The molecule has 134 valence electrons. The smallest absolute Gasteiger partial charge is 0.260 e. The van der Waals surface area contributed by atoms with Crippen LogP contribution in [0.2, 0.25) is 0 Å². The largest absolute Gasteiger partial charge is 0.331 e. The lowest BCUT2D eigenvalue weighted by molar-refractivity contribution is -0.121. The van der Waals surface area contributed by atoms with Gasteiger partial charge in [-0.25, -0.2) is 5.43 Å². The molecule has 0 aliphatic rings. The molecule has 0 radical (unpaired) electrons. The minimum atomic E-state index is -0.251. The molecule has 0 fully saturated rings. The van der Waals surface area contributed by atoms with Crippen LogP contribution < -0.4 is 10.9 Å². The van der Waals surface area contributed by atoms with Crippen LogP contribution in [0, 0.1) is 6.92 Å². The Labute approximate surface area is 159 Å². The zero-order chi connectivity index (χ0) is 18.8. The third-order valence-corrected chi connectivity index (χ3v) is 5.41. The Morgan fingerprint density at radius 3 is 2.30 bits per heavy atom. The number of nitrogens with one attached hydrogen (secondary N) is 1. The summed E-state index contributed by atoms with van der Waals surface area (Å²) in [7, 11) is 0. The number of carbonyl (C=O) groups is 1. The molecule has 5 nitrogen and oxygen atoms in total. The summed E-state index contributed by atoms with van der Waals surface area (Å²) in [6.45, 7) is 2.07. The molecule has 0 saturated heterocycles. The van der Waals surface area contributed by atoms with Gasteiger partial charge < -0.3 is 4.57 Å². The normalized spacial score (nSPS) is 11.4. The van der Waals surface area contributed by atoms with Crippen molar-refractivity contribution in [2.75, 3.05) is 0 Å². The molecule has 0 atom stereocenters. The lowest BCUT2D eigenvalue weighted by atomic mass is 10.1. The van der Waals surface area contributed by atoms with Gasteiger partial charge in [0.15, 0.2) is 5.43 Å². The molecule has 2 aromatic carbocycles. The topological polar surface area (TPSA) is 63.5 Å². The summed E-state index contributed by atoms with van der Waals surface area (Å²) in [4.78, 5) is 26.2. The van der Waals surface area contributed by atoms with E-state index in [0.717, 1.165) is 21.5 Å². The molecule has 0 spiro atoms. The van der Waals surface area contributed by atoms with Crippen LogP contribution in [0.4, 0.5) is 0 Å². The predicted molar refractivity (Wildman–Crippen MR) is 111 cm³/mol. The van der Waals surface area contributed by atoms with E-state index in [1.807, 2.05) is 59.3 Å². The number of benzene rings is 2. The summed E-state index contributed by atoms with van der Waals surface area (Å²) in [5.41, 5.74) is 5.14. The molecule has 4 rings (SSSR count). The van der Waals surface area contributed by atoms with Gasteiger partial charge in [0.1, 0.15) is 6.54 Å². The van der Waals surface area contributed by atoms with E-state index >= 15 is 0 Å². The molecule has 0 unspecified atom stereocenters.